The second-order valence-electron chi connectivity index (χ2n) is 9.52. The van der Waals surface area contributed by atoms with Gasteiger partial charge in [0.2, 0.25) is 0 Å². The Hall–Kier alpha value is -3.50. The van der Waals surface area contributed by atoms with E-state index in [1.54, 1.807) is 0 Å². The minimum absolute atomic E-state index is 0.174. The number of benzene rings is 5. The highest BCUT2D eigenvalue weighted by molar-refractivity contribution is 6.38. The highest BCUT2D eigenvalue weighted by Crippen LogP contribution is 2.43. The van der Waals surface area contributed by atoms with Crippen molar-refractivity contribution in [2.24, 2.45) is 0 Å². The van der Waals surface area contributed by atoms with Crippen molar-refractivity contribution in [3.63, 3.8) is 0 Å². The Morgan fingerprint density at radius 3 is 1.70 bits per heavy atom. The topological polar surface area (TPSA) is 37.4 Å². The Balaban J connectivity index is 1.60. The molecule has 0 fully saturated rings. The number of rotatable bonds is 5. The molecule has 0 unspecified atom stereocenters. The van der Waals surface area contributed by atoms with Gasteiger partial charge in [-0.05, 0) is 63.7 Å². The zero-order valence-corrected chi connectivity index (χ0v) is 19.3. The lowest BCUT2D eigenvalue weighted by atomic mass is 9.85. The summed E-state index contributed by atoms with van der Waals surface area (Å²) >= 11 is 0. The van der Waals surface area contributed by atoms with Crippen LogP contribution in [0.5, 0.6) is 0 Å². The molecule has 1 aliphatic heterocycles. The Morgan fingerprint density at radius 2 is 1.18 bits per heavy atom. The first kappa shape index (κ1) is 20.1. The standard InChI is InChI=1S/C29H27N2O2/c1-4-31(3,5-2)17-16-30-28(32)23-14-12-21-19-10-6-8-18-9-7-11-20(25(18)19)22-13-15-24(29(30)33)27(23)26(21)22/h6-15H,4-5,16-17H2,1-3H3/q+1. The molecule has 0 saturated heterocycles. The van der Waals surface area contributed by atoms with Crippen molar-refractivity contribution >= 4 is 54.9 Å². The summed E-state index contributed by atoms with van der Waals surface area (Å²) in [5, 5.41) is 8.82. The van der Waals surface area contributed by atoms with Gasteiger partial charge in [-0.3, -0.25) is 14.5 Å². The number of hydrogen-bond donors (Lipinski definition) is 0. The van der Waals surface area contributed by atoms with Crippen LogP contribution in [0.1, 0.15) is 34.6 Å². The largest absolute Gasteiger partial charge is 0.325 e. The maximum absolute atomic E-state index is 13.6. The fourth-order valence-electron chi connectivity index (χ4n) is 5.56. The van der Waals surface area contributed by atoms with Crippen molar-refractivity contribution in [3.8, 4) is 0 Å². The fraction of sp³-hybridized carbons (Fsp3) is 0.241. The summed E-state index contributed by atoms with van der Waals surface area (Å²) in [4.78, 5) is 28.6. The van der Waals surface area contributed by atoms with E-state index in [0.29, 0.717) is 17.7 Å². The molecule has 5 aromatic rings. The molecule has 2 amide bonds. The molecule has 0 bridgehead atoms. The minimum atomic E-state index is -0.174. The van der Waals surface area contributed by atoms with Gasteiger partial charge in [-0.2, -0.15) is 0 Å². The molecule has 0 spiro atoms. The molecular weight excluding hydrogens is 408 g/mol. The molecule has 4 nitrogen and oxygen atoms in total. The smallest absolute Gasteiger partial charge is 0.261 e. The molecule has 6 rings (SSSR count). The lowest BCUT2D eigenvalue weighted by Crippen LogP contribution is -2.51. The van der Waals surface area contributed by atoms with Crippen LogP contribution in [0.3, 0.4) is 0 Å². The zero-order valence-electron chi connectivity index (χ0n) is 19.3. The van der Waals surface area contributed by atoms with Crippen LogP contribution in [0.15, 0.2) is 60.7 Å². The van der Waals surface area contributed by atoms with E-state index in [0.717, 1.165) is 45.7 Å². The summed E-state index contributed by atoms with van der Waals surface area (Å²) in [6, 6.07) is 20.7. The van der Waals surface area contributed by atoms with Gasteiger partial charge in [-0.1, -0.05) is 48.5 Å². The van der Waals surface area contributed by atoms with E-state index in [1.165, 1.54) is 26.4 Å². The highest BCUT2D eigenvalue weighted by Gasteiger charge is 2.35. The van der Waals surface area contributed by atoms with E-state index in [1.807, 2.05) is 12.1 Å². The molecule has 0 aromatic heterocycles. The number of quaternary nitrogens is 1. The molecular formula is C29H27N2O2+. The average Bonchev–Trinajstić information content (AvgIpc) is 2.85. The Bertz CT molecular complexity index is 1500. The van der Waals surface area contributed by atoms with E-state index in [2.05, 4.69) is 69.4 Å². The summed E-state index contributed by atoms with van der Waals surface area (Å²) in [6.07, 6.45) is 0. The number of amides is 2. The quantitative estimate of drug-likeness (QED) is 0.151. The summed E-state index contributed by atoms with van der Waals surface area (Å²) < 4.78 is 0.831. The number of likely N-dealkylation sites (N-methyl/N-ethyl adjacent to an activating group) is 1. The Morgan fingerprint density at radius 1 is 0.667 bits per heavy atom. The summed E-state index contributed by atoms with van der Waals surface area (Å²) in [7, 11) is 2.18. The van der Waals surface area contributed by atoms with E-state index in [9.17, 15) is 9.59 Å². The van der Waals surface area contributed by atoms with Crippen molar-refractivity contribution in [2.75, 3.05) is 33.2 Å². The van der Waals surface area contributed by atoms with Gasteiger partial charge < -0.3 is 4.48 Å². The number of carbonyl (C=O) groups is 2. The third kappa shape index (κ3) is 2.67. The number of imide groups is 1. The predicted octanol–water partition coefficient (Wildman–Crippen LogP) is 5.82. The molecule has 0 saturated carbocycles. The van der Waals surface area contributed by atoms with Gasteiger partial charge in [0.25, 0.3) is 11.8 Å². The number of hydrogen-bond acceptors (Lipinski definition) is 2. The summed E-state index contributed by atoms with van der Waals surface area (Å²) in [6.45, 7) is 7.43. The normalized spacial score (nSPS) is 14.5. The van der Waals surface area contributed by atoms with Crippen LogP contribution in [-0.2, 0) is 0 Å². The van der Waals surface area contributed by atoms with Crippen molar-refractivity contribution < 1.29 is 14.1 Å². The molecule has 0 N–H and O–H groups in total. The minimum Gasteiger partial charge on any atom is -0.325 e. The second-order valence-corrected chi connectivity index (χ2v) is 9.52. The van der Waals surface area contributed by atoms with Crippen LogP contribution < -0.4 is 0 Å². The summed E-state index contributed by atoms with van der Waals surface area (Å²) in [5.41, 5.74) is 1.28. The van der Waals surface area contributed by atoms with E-state index >= 15 is 0 Å². The van der Waals surface area contributed by atoms with Crippen LogP contribution in [0.4, 0.5) is 0 Å². The second kappa shape index (κ2) is 7.00. The molecule has 0 radical (unpaired) electrons. The molecule has 5 aromatic carbocycles. The molecule has 0 aliphatic carbocycles. The number of nitrogens with zero attached hydrogens (tertiary/aromatic N) is 2. The highest BCUT2D eigenvalue weighted by atomic mass is 16.2. The first-order chi connectivity index (χ1) is 16.0. The average molecular weight is 436 g/mol. The monoisotopic (exact) mass is 435 g/mol. The van der Waals surface area contributed by atoms with Crippen LogP contribution in [0.2, 0.25) is 0 Å². The van der Waals surface area contributed by atoms with Gasteiger partial charge in [0.1, 0.15) is 0 Å². The zero-order chi connectivity index (χ0) is 22.9. The van der Waals surface area contributed by atoms with E-state index in [4.69, 9.17) is 0 Å². The van der Waals surface area contributed by atoms with Gasteiger partial charge in [-0.15, -0.1) is 0 Å². The maximum Gasteiger partial charge on any atom is 0.261 e. The predicted molar refractivity (Wildman–Crippen MR) is 135 cm³/mol. The van der Waals surface area contributed by atoms with Crippen LogP contribution in [0, 0.1) is 0 Å². The van der Waals surface area contributed by atoms with Gasteiger partial charge in [0.05, 0.1) is 33.2 Å². The van der Waals surface area contributed by atoms with Crippen LogP contribution in [-0.4, -0.2) is 54.4 Å². The van der Waals surface area contributed by atoms with Crippen molar-refractivity contribution in [1.82, 2.24) is 4.90 Å². The molecule has 1 heterocycles. The van der Waals surface area contributed by atoms with Crippen LogP contribution >= 0.6 is 0 Å². The Kier molecular flexibility index (Phi) is 4.27. The molecule has 33 heavy (non-hydrogen) atoms. The molecule has 4 heteroatoms. The molecule has 164 valence electrons. The fourth-order valence-corrected chi connectivity index (χ4v) is 5.56. The van der Waals surface area contributed by atoms with Gasteiger partial charge in [0.15, 0.2) is 0 Å². The number of fused-ring (bicyclic) bond motifs is 2. The summed E-state index contributed by atoms with van der Waals surface area (Å²) in [5.74, 6) is -0.348. The van der Waals surface area contributed by atoms with E-state index < -0.39 is 0 Å². The van der Waals surface area contributed by atoms with Gasteiger partial charge in [-0.25, -0.2) is 0 Å². The first-order valence-corrected chi connectivity index (χ1v) is 11.8. The lowest BCUT2D eigenvalue weighted by molar-refractivity contribution is -0.905. The SMILES string of the molecule is CC[N+](C)(CC)CCN1C(=O)c2ccc3c4cccc5cccc(c6ccc(c2c36)C1=O)c54. The lowest BCUT2D eigenvalue weighted by Gasteiger charge is -2.35. The van der Waals surface area contributed by atoms with Crippen LogP contribution in [0.25, 0.3) is 43.1 Å². The molecule has 1 aliphatic rings. The van der Waals surface area contributed by atoms with Crippen molar-refractivity contribution in [3.05, 3.63) is 71.8 Å². The Labute approximate surface area is 192 Å². The first-order valence-electron chi connectivity index (χ1n) is 11.8. The van der Waals surface area contributed by atoms with Crippen molar-refractivity contribution in [2.45, 2.75) is 13.8 Å². The van der Waals surface area contributed by atoms with Gasteiger partial charge in [0, 0.05) is 16.5 Å². The number of carbonyl (C=O) groups excluding carboxylic acids is 2. The third-order valence-corrected chi connectivity index (χ3v) is 7.99. The third-order valence-electron chi connectivity index (χ3n) is 7.99. The maximum atomic E-state index is 13.6. The van der Waals surface area contributed by atoms with Gasteiger partial charge >= 0.3 is 0 Å². The molecule has 0 atom stereocenters. The van der Waals surface area contributed by atoms with Crippen molar-refractivity contribution in [1.29, 1.82) is 0 Å². The van der Waals surface area contributed by atoms with E-state index in [-0.39, 0.29) is 11.8 Å².